The van der Waals surface area contributed by atoms with E-state index in [0.717, 1.165) is 16.9 Å². The zero-order valence-corrected chi connectivity index (χ0v) is 13.9. The highest BCUT2D eigenvalue weighted by atomic mass is 32.2. The van der Waals surface area contributed by atoms with Gasteiger partial charge in [0, 0.05) is 30.5 Å². The number of H-pyrrole nitrogens is 1. The first-order valence-electron chi connectivity index (χ1n) is 7.43. The number of aromatic nitrogens is 1. The van der Waals surface area contributed by atoms with Crippen LogP contribution in [-0.4, -0.2) is 25.4 Å². The van der Waals surface area contributed by atoms with E-state index in [-0.39, 0.29) is 23.4 Å². The summed E-state index contributed by atoms with van der Waals surface area (Å²) >= 11 is 0. The van der Waals surface area contributed by atoms with E-state index in [1.807, 2.05) is 19.1 Å². The summed E-state index contributed by atoms with van der Waals surface area (Å²) in [6, 6.07) is 8.60. The first-order valence-corrected chi connectivity index (χ1v) is 8.91. The van der Waals surface area contributed by atoms with Gasteiger partial charge in [-0.05, 0) is 49.2 Å². The molecular formula is C16H19N3O3S. The Morgan fingerprint density at radius 1 is 1.39 bits per heavy atom. The van der Waals surface area contributed by atoms with Crippen LogP contribution in [-0.2, 0) is 27.8 Å². The molecule has 0 saturated heterocycles. The van der Waals surface area contributed by atoms with Gasteiger partial charge in [-0.2, -0.15) is 0 Å². The van der Waals surface area contributed by atoms with Gasteiger partial charge < -0.3 is 9.88 Å². The molecule has 1 aromatic carbocycles. The summed E-state index contributed by atoms with van der Waals surface area (Å²) in [4.78, 5) is 16.6. The Morgan fingerprint density at radius 2 is 2.17 bits per heavy atom. The average molecular weight is 333 g/mol. The maximum absolute atomic E-state index is 12.4. The molecule has 0 saturated carbocycles. The zero-order valence-electron chi connectivity index (χ0n) is 13.0. The Bertz CT molecular complexity index is 828. The van der Waals surface area contributed by atoms with E-state index in [9.17, 15) is 13.2 Å². The van der Waals surface area contributed by atoms with E-state index < -0.39 is 10.0 Å². The number of fused-ring (bicyclic) bond motifs is 1. The third kappa shape index (κ3) is 3.02. The molecule has 2 N–H and O–H groups in total. The molecule has 1 atom stereocenters. The number of amides is 1. The van der Waals surface area contributed by atoms with Gasteiger partial charge in [-0.1, -0.05) is 0 Å². The molecular weight excluding hydrogens is 314 g/mol. The second-order valence-corrected chi connectivity index (χ2v) is 7.52. The van der Waals surface area contributed by atoms with Crippen LogP contribution in [0.3, 0.4) is 0 Å². The van der Waals surface area contributed by atoms with E-state index in [1.165, 1.54) is 6.92 Å². The number of sulfonamides is 1. The minimum absolute atomic E-state index is 0.0308. The van der Waals surface area contributed by atoms with E-state index in [2.05, 4.69) is 9.71 Å². The lowest BCUT2D eigenvalue weighted by Crippen LogP contribution is -2.33. The van der Waals surface area contributed by atoms with E-state index in [4.69, 9.17) is 0 Å². The number of nitrogens with one attached hydrogen (secondary N) is 2. The van der Waals surface area contributed by atoms with Crippen LogP contribution in [0.2, 0.25) is 0 Å². The van der Waals surface area contributed by atoms with Crippen molar-refractivity contribution in [3.05, 3.63) is 47.8 Å². The fourth-order valence-corrected chi connectivity index (χ4v) is 4.04. The SMILES string of the molecule is CC(=O)N1c2ccc(S(=O)(=O)NCc3ccc[nH]3)cc2CC1C. The predicted molar refractivity (Wildman–Crippen MR) is 87.6 cm³/mol. The van der Waals surface area contributed by atoms with Crippen molar-refractivity contribution in [2.75, 3.05) is 4.90 Å². The summed E-state index contributed by atoms with van der Waals surface area (Å²) in [5.74, 6) is -0.0308. The number of carbonyl (C=O) groups excluding carboxylic acids is 1. The quantitative estimate of drug-likeness (QED) is 0.895. The van der Waals surface area contributed by atoms with Crippen LogP contribution in [0, 0.1) is 0 Å². The van der Waals surface area contributed by atoms with Gasteiger partial charge >= 0.3 is 0 Å². The third-order valence-corrected chi connectivity index (χ3v) is 5.43. The molecule has 0 spiro atoms. The van der Waals surface area contributed by atoms with Crippen LogP contribution in [0.15, 0.2) is 41.4 Å². The molecule has 6 nitrogen and oxygen atoms in total. The number of rotatable bonds is 4. The number of benzene rings is 1. The van der Waals surface area contributed by atoms with Crippen molar-refractivity contribution in [1.29, 1.82) is 0 Å². The number of hydrogen-bond acceptors (Lipinski definition) is 3. The Hall–Kier alpha value is -2.12. The minimum atomic E-state index is -3.59. The van der Waals surface area contributed by atoms with Crippen molar-refractivity contribution in [1.82, 2.24) is 9.71 Å². The van der Waals surface area contributed by atoms with E-state index >= 15 is 0 Å². The highest BCUT2D eigenvalue weighted by Crippen LogP contribution is 2.33. The van der Waals surface area contributed by atoms with Crippen LogP contribution < -0.4 is 9.62 Å². The molecule has 1 amide bonds. The molecule has 0 aliphatic carbocycles. The molecule has 23 heavy (non-hydrogen) atoms. The summed E-state index contributed by atoms with van der Waals surface area (Å²) in [5, 5.41) is 0. The number of hydrogen-bond donors (Lipinski definition) is 2. The predicted octanol–water partition coefficient (Wildman–Crippen LogP) is 1.79. The number of aromatic amines is 1. The van der Waals surface area contributed by atoms with Gasteiger partial charge in [-0.25, -0.2) is 13.1 Å². The summed E-state index contributed by atoms with van der Waals surface area (Å²) in [6.45, 7) is 3.69. The molecule has 0 radical (unpaired) electrons. The van der Waals surface area contributed by atoms with Crippen LogP contribution in [0.1, 0.15) is 25.1 Å². The van der Waals surface area contributed by atoms with E-state index in [0.29, 0.717) is 6.42 Å². The zero-order chi connectivity index (χ0) is 16.6. The second-order valence-electron chi connectivity index (χ2n) is 5.75. The lowest BCUT2D eigenvalue weighted by atomic mass is 10.1. The van der Waals surface area contributed by atoms with Crippen LogP contribution >= 0.6 is 0 Å². The number of anilines is 1. The van der Waals surface area contributed by atoms with Crippen LogP contribution in [0.25, 0.3) is 0 Å². The summed E-state index contributed by atoms with van der Waals surface area (Å²) in [5.41, 5.74) is 2.48. The van der Waals surface area contributed by atoms with Gasteiger partial charge in [0.25, 0.3) is 0 Å². The largest absolute Gasteiger partial charge is 0.364 e. The highest BCUT2D eigenvalue weighted by molar-refractivity contribution is 7.89. The molecule has 2 aromatic rings. The van der Waals surface area contributed by atoms with Gasteiger partial charge in [0.15, 0.2) is 0 Å². The maximum atomic E-state index is 12.4. The lowest BCUT2D eigenvalue weighted by molar-refractivity contribution is -0.116. The highest BCUT2D eigenvalue weighted by Gasteiger charge is 2.30. The summed E-state index contributed by atoms with van der Waals surface area (Å²) in [6.07, 6.45) is 2.41. The molecule has 1 aliphatic heterocycles. The van der Waals surface area contributed by atoms with Crippen LogP contribution in [0.5, 0.6) is 0 Å². The van der Waals surface area contributed by atoms with Crippen LogP contribution in [0.4, 0.5) is 5.69 Å². The Labute approximate surface area is 135 Å². The molecule has 122 valence electrons. The monoisotopic (exact) mass is 333 g/mol. The van der Waals surface area contributed by atoms with Gasteiger partial charge in [0.05, 0.1) is 11.4 Å². The van der Waals surface area contributed by atoms with Crippen molar-refractivity contribution in [2.45, 2.75) is 37.8 Å². The molecule has 3 rings (SSSR count). The van der Waals surface area contributed by atoms with Crippen molar-refractivity contribution < 1.29 is 13.2 Å². The van der Waals surface area contributed by atoms with E-state index in [1.54, 1.807) is 29.3 Å². The van der Waals surface area contributed by atoms with Gasteiger partial charge in [-0.15, -0.1) is 0 Å². The van der Waals surface area contributed by atoms with Gasteiger partial charge in [-0.3, -0.25) is 4.79 Å². The average Bonchev–Trinajstić information content (AvgIpc) is 3.10. The molecule has 1 aliphatic rings. The molecule has 2 heterocycles. The van der Waals surface area contributed by atoms with Gasteiger partial charge in [0.1, 0.15) is 0 Å². The number of carbonyl (C=O) groups is 1. The lowest BCUT2D eigenvalue weighted by Gasteiger charge is -2.20. The smallest absolute Gasteiger partial charge is 0.240 e. The summed E-state index contributed by atoms with van der Waals surface area (Å²) < 4.78 is 27.4. The van der Waals surface area contributed by atoms with Crippen molar-refractivity contribution >= 4 is 21.6 Å². The third-order valence-electron chi connectivity index (χ3n) is 4.03. The first-order chi connectivity index (χ1) is 10.9. The fourth-order valence-electron chi connectivity index (χ4n) is 2.99. The molecule has 1 unspecified atom stereocenters. The maximum Gasteiger partial charge on any atom is 0.240 e. The normalized spacial score (nSPS) is 17.3. The molecule has 0 fully saturated rings. The molecule has 1 aromatic heterocycles. The Balaban J connectivity index is 1.84. The molecule has 0 bridgehead atoms. The van der Waals surface area contributed by atoms with Crippen molar-refractivity contribution in [2.24, 2.45) is 0 Å². The van der Waals surface area contributed by atoms with Crippen molar-refractivity contribution in [3.63, 3.8) is 0 Å². The second kappa shape index (κ2) is 5.82. The Morgan fingerprint density at radius 3 is 2.83 bits per heavy atom. The van der Waals surface area contributed by atoms with Gasteiger partial charge in [0.2, 0.25) is 15.9 Å². The summed E-state index contributed by atoms with van der Waals surface area (Å²) in [7, 11) is -3.59. The number of nitrogens with zero attached hydrogens (tertiary/aromatic N) is 1. The minimum Gasteiger partial charge on any atom is -0.364 e. The first kappa shape index (κ1) is 15.8. The fraction of sp³-hybridized carbons (Fsp3) is 0.312. The van der Waals surface area contributed by atoms with Crippen molar-refractivity contribution in [3.8, 4) is 0 Å². The Kier molecular flexibility index (Phi) is 3.99. The topological polar surface area (TPSA) is 82.3 Å². The molecule has 7 heteroatoms. The standard InChI is InChI=1S/C16H19N3O3S/c1-11-8-13-9-15(5-6-16(13)19(11)12(2)20)23(21,22)18-10-14-4-3-7-17-14/h3-7,9,11,17-18H,8,10H2,1-2H3.